The second kappa shape index (κ2) is 6.68. The summed E-state index contributed by atoms with van der Waals surface area (Å²) in [5.41, 5.74) is 1.81. The van der Waals surface area contributed by atoms with Crippen molar-refractivity contribution in [3.63, 3.8) is 0 Å². The van der Waals surface area contributed by atoms with E-state index >= 15 is 0 Å². The molecule has 3 aromatic rings. The molecule has 0 radical (unpaired) electrons. The lowest BCUT2D eigenvalue weighted by Gasteiger charge is -2.36. The molecule has 128 valence electrons. The Morgan fingerprint density at radius 3 is 2.32 bits per heavy atom. The Labute approximate surface area is 150 Å². The number of anilines is 2. The summed E-state index contributed by atoms with van der Waals surface area (Å²) in [5, 5.41) is 4.85. The highest BCUT2D eigenvalue weighted by molar-refractivity contribution is 6.30. The van der Waals surface area contributed by atoms with Crippen LogP contribution in [0.4, 0.5) is 11.6 Å². The first kappa shape index (κ1) is 15.8. The van der Waals surface area contributed by atoms with E-state index in [9.17, 15) is 0 Å². The summed E-state index contributed by atoms with van der Waals surface area (Å²) >= 11 is 5.91. The van der Waals surface area contributed by atoms with E-state index in [1.54, 1.807) is 23.3 Å². The molecule has 0 unspecified atom stereocenters. The van der Waals surface area contributed by atoms with Crippen LogP contribution in [-0.4, -0.2) is 50.9 Å². The van der Waals surface area contributed by atoms with Crippen LogP contribution >= 0.6 is 11.6 Å². The number of piperazine rings is 1. The van der Waals surface area contributed by atoms with Crippen molar-refractivity contribution < 1.29 is 0 Å². The van der Waals surface area contributed by atoms with E-state index in [1.807, 2.05) is 31.6 Å². The quantitative estimate of drug-likeness (QED) is 0.718. The molecule has 1 saturated heterocycles. The SMILES string of the molecule is Cn1cc(-c2cncc(N3CCN(c4ccc(Cl)cn4)CC3)n2)cn1. The van der Waals surface area contributed by atoms with Crippen LogP contribution in [0.15, 0.2) is 43.1 Å². The van der Waals surface area contributed by atoms with E-state index in [2.05, 4.69) is 24.9 Å². The lowest BCUT2D eigenvalue weighted by molar-refractivity contribution is 0.641. The van der Waals surface area contributed by atoms with Crippen molar-refractivity contribution in [2.45, 2.75) is 0 Å². The van der Waals surface area contributed by atoms with Crippen LogP contribution in [0.1, 0.15) is 0 Å². The first-order valence-electron chi connectivity index (χ1n) is 8.11. The molecule has 1 aliphatic rings. The van der Waals surface area contributed by atoms with E-state index < -0.39 is 0 Å². The topological polar surface area (TPSA) is 63.0 Å². The molecule has 0 aliphatic carbocycles. The van der Waals surface area contributed by atoms with Gasteiger partial charge in [-0.2, -0.15) is 5.10 Å². The lowest BCUT2D eigenvalue weighted by atomic mass is 10.2. The summed E-state index contributed by atoms with van der Waals surface area (Å²) in [7, 11) is 1.89. The third-order valence-corrected chi connectivity index (χ3v) is 4.49. The second-order valence-corrected chi connectivity index (χ2v) is 6.41. The first-order valence-corrected chi connectivity index (χ1v) is 8.49. The maximum absolute atomic E-state index is 5.91. The molecule has 0 bridgehead atoms. The molecule has 4 rings (SSSR count). The van der Waals surface area contributed by atoms with E-state index in [-0.39, 0.29) is 0 Å². The van der Waals surface area contributed by atoms with Crippen LogP contribution in [0.3, 0.4) is 0 Å². The molecular formula is C17H18ClN7. The van der Waals surface area contributed by atoms with Crippen molar-refractivity contribution in [3.8, 4) is 11.3 Å². The smallest absolute Gasteiger partial charge is 0.147 e. The predicted molar refractivity (Wildman–Crippen MR) is 97.9 cm³/mol. The van der Waals surface area contributed by atoms with Gasteiger partial charge in [-0.25, -0.2) is 9.97 Å². The second-order valence-electron chi connectivity index (χ2n) is 5.97. The van der Waals surface area contributed by atoms with Gasteiger partial charge in [0.1, 0.15) is 11.6 Å². The predicted octanol–water partition coefficient (Wildman–Crippen LogP) is 2.25. The summed E-state index contributed by atoms with van der Waals surface area (Å²) < 4.78 is 1.77. The normalized spacial score (nSPS) is 14.8. The van der Waals surface area contributed by atoms with Crippen molar-refractivity contribution >= 4 is 23.2 Å². The molecule has 0 amide bonds. The van der Waals surface area contributed by atoms with Crippen molar-refractivity contribution in [1.29, 1.82) is 0 Å². The van der Waals surface area contributed by atoms with Gasteiger partial charge in [0.15, 0.2) is 0 Å². The lowest BCUT2D eigenvalue weighted by Crippen LogP contribution is -2.47. The number of aromatic nitrogens is 5. The van der Waals surface area contributed by atoms with Gasteiger partial charge in [0, 0.05) is 51.2 Å². The van der Waals surface area contributed by atoms with Gasteiger partial charge in [-0.05, 0) is 12.1 Å². The van der Waals surface area contributed by atoms with Gasteiger partial charge in [-0.15, -0.1) is 0 Å². The van der Waals surface area contributed by atoms with Crippen LogP contribution in [0.25, 0.3) is 11.3 Å². The van der Waals surface area contributed by atoms with E-state index in [0.29, 0.717) is 5.02 Å². The summed E-state index contributed by atoms with van der Waals surface area (Å²) in [6.07, 6.45) is 9.02. The van der Waals surface area contributed by atoms with Crippen molar-refractivity contribution in [3.05, 3.63) is 48.1 Å². The van der Waals surface area contributed by atoms with Gasteiger partial charge >= 0.3 is 0 Å². The number of hydrogen-bond donors (Lipinski definition) is 0. The number of hydrogen-bond acceptors (Lipinski definition) is 6. The molecule has 1 fully saturated rings. The number of halogens is 1. The Bertz CT molecular complexity index is 853. The van der Waals surface area contributed by atoms with Gasteiger partial charge in [-0.3, -0.25) is 9.67 Å². The Kier molecular flexibility index (Phi) is 4.23. The average Bonchev–Trinajstić information content (AvgIpc) is 3.09. The fourth-order valence-corrected chi connectivity index (χ4v) is 3.03. The van der Waals surface area contributed by atoms with Gasteiger partial charge in [-0.1, -0.05) is 11.6 Å². The Morgan fingerprint density at radius 2 is 1.68 bits per heavy atom. The van der Waals surface area contributed by atoms with Crippen LogP contribution in [0.2, 0.25) is 5.02 Å². The minimum absolute atomic E-state index is 0.657. The van der Waals surface area contributed by atoms with Crippen LogP contribution in [0, 0.1) is 0 Å². The van der Waals surface area contributed by atoms with Gasteiger partial charge < -0.3 is 9.80 Å². The zero-order valence-corrected chi connectivity index (χ0v) is 14.6. The minimum Gasteiger partial charge on any atom is -0.353 e. The van der Waals surface area contributed by atoms with Crippen molar-refractivity contribution in [2.24, 2.45) is 7.05 Å². The summed E-state index contributed by atoms with van der Waals surface area (Å²) in [4.78, 5) is 18.0. The molecule has 0 saturated carbocycles. The number of pyridine rings is 1. The Balaban J connectivity index is 1.46. The molecule has 0 aromatic carbocycles. The van der Waals surface area contributed by atoms with Crippen LogP contribution in [-0.2, 0) is 7.05 Å². The molecule has 0 N–H and O–H groups in total. The maximum Gasteiger partial charge on any atom is 0.147 e. The van der Waals surface area contributed by atoms with Crippen molar-refractivity contribution in [1.82, 2.24) is 24.7 Å². The zero-order valence-electron chi connectivity index (χ0n) is 13.9. The maximum atomic E-state index is 5.91. The Morgan fingerprint density at radius 1 is 0.920 bits per heavy atom. The molecular weight excluding hydrogens is 338 g/mol. The molecule has 0 atom stereocenters. The number of rotatable bonds is 3. The first-order chi connectivity index (χ1) is 12.2. The van der Waals surface area contributed by atoms with E-state index in [4.69, 9.17) is 16.6 Å². The monoisotopic (exact) mass is 355 g/mol. The van der Waals surface area contributed by atoms with E-state index in [1.165, 1.54) is 0 Å². The van der Waals surface area contributed by atoms with Crippen LogP contribution in [0.5, 0.6) is 0 Å². The molecule has 4 heterocycles. The minimum atomic E-state index is 0.657. The van der Waals surface area contributed by atoms with E-state index in [0.717, 1.165) is 49.1 Å². The highest BCUT2D eigenvalue weighted by Crippen LogP contribution is 2.21. The number of aryl methyl sites for hydroxylation is 1. The fourth-order valence-electron chi connectivity index (χ4n) is 2.92. The third-order valence-electron chi connectivity index (χ3n) is 4.26. The zero-order chi connectivity index (χ0) is 17.2. The van der Waals surface area contributed by atoms with Crippen LogP contribution < -0.4 is 9.80 Å². The molecule has 3 aromatic heterocycles. The highest BCUT2D eigenvalue weighted by Gasteiger charge is 2.19. The molecule has 8 heteroatoms. The number of nitrogens with zero attached hydrogens (tertiary/aromatic N) is 7. The molecule has 1 aliphatic heterocycles. The molecule has 0 spiro atoms. The molecule has 25 heavy (non-hydrogen) atoms. The van der Waals surface area contributed by atoms with Gasteiger partial charge in [0.25, 0.3) is 0 Å². The third kappa shape index (κ3) is 3.41. The largest absolute Gasteiger partial charge is 0.353 e. The highest BCUT2D eigenvalue weighted by atomic mass is 35.5. The summed E-state index contributed by atoms with van der Waals surface area (Å²) in [6, 6.07) is 3.83. The van der Waals surface area contributed by atoms with Crippen molar-refractivity contribution in [2.75, 3.05) is 36.0 Å². The standard InChI is InChI=1S/C17H18ClN7/c1-23-12-13(8-21-23)15-10-19-11-17(22-15)25-6-4-24(5-7-25)16-3-2-14(18)9-20-16/h2-3,8-12H,4-7H2,1H3. The average molecular weight is 356 g/mol. The Hall–Kier alpha value is -2.67. The molecule has 7 nitrogen and oxygen atoms in total. The summed E-state index contributed by atoms with van der Waals surface area (Å²) in [6.45, 7) is 3.51. The van der Waals surface area contributed by atoms with Gasteiger partial charge in [0.05, 0.1) is 29.3 Å². The fraction of sp³-hybridized carbons (Fsp3) is 0.294. The van der Waals surface area contributed by atoms with Gasteiger partial charge in [0.2, 0.25) is 0 Å². The summed E-state index contributed by atoms with van der Waals surface area (Å²) in [5.74, 6) is 1.85.